The lowest BCUT2D eigenvalue weighted by Crippen LogP contribution is -2.33. The maximum atomic E-state index is 14.3. The molecule has 1 aliphatic rings. The maximum absolute atomic E-state index is 14.3. The topological polar surface area (TPSA) is 29.3 Å². The summed E-state index contributed by atoms with van der Waals surface area (Å²) in [6.07, 6.45) is 9.17. The molecule has 21 heavy (non-hydrogen) atoms. The van der Waals surface area contributed by atoms with Crippen molar-refractivity contribution >= 4 is 5.69 Å². The first-order chi connectivity index (χ1) is 10.1. The second-order valence-corrected chi connectivity index (χ2v) is 6.37. The number of halogens is 1. The number of nitrogens with two attached hydrogens (primary N) is 1. The van der Waals surface area contributed by atoms with Crippen LogP contribution in [0.25, 0.3) is 0 Å². The summed E-state index contributed by atoms with van der Waals surface area (Å²) in [6.45, 7) is 2.06. The summed E-state index contributed by atoms with van der Waals surface area (Å²) >= 11 is 0. The van der Waals surface area contributed by atoms with Crippen LogP contribution in [0.2, 0.25) is 0 Å². The van der Waals surface area contributed by atoms with E-state index in [1.54, 1.807) is 6.07 Å². The standard InChI is InChI=1S/C18H29FN2/c1-3-14(20)13-16-17(19)11-8-12-18(16)21(2)15-9-6-4-5-7-10-15/h8,11-12,14-15H,3-7,9-10,13,20H2,1-2H3. The monoisotopic (exact) mass is 292 g/mol. The smallest absolute Gasteiger partial charge is 0.128 e. The molecule has 1 unspecified atom stereocenters. The van der Waals surface area contributed by atoms with Gasteiger partial charge in [0.25, 0.3) is 0 Å². The van der Waals surface area contributed by atoms with E-state index in [4.69, 9.17) is 5.73 Å². The molecule has 2 N–H and O–H groups in total. The third-order valence-electron chi connectivity index (χ3n) is 4.84. The van der Waals surface area contributed by atoms with Gasteiger partial charge in [-0.3, -0.25) is 0 Å². The van der Waals surface area contributed by atoms with E-state index in [0.717, 1.165) is 17.7 Å². The summed E-state index contributed by atoms with van der Waals surface area (Å²) in [5.41, 5.74) is 7.88. The highest BCUT2D eigenvalue weighted by molar-refractivity contribution is 5.54. The van der Waals surface area contributed by atoms with Gasteiger partial charge in [-0.15, -0.1) is 0 Å². The van der Waals surface area contributed by atoms with Crippen molar-refractivity contribution in [2.45, 2.75) is 70.4 Å². The van der Waals surface area contributed by atoms with Crippen molar-refractivity contribution < 1.29 is 4.39 Å². The quantitative estimate of drug-likeness (QED) is 0.821. The zero-order chi connectivity index (χ0) is 15.2. The van der Waals surface area contributed by atoms with Crippen LogP contribution in [0.15, 0.2) is 18.2 Å². The van der Waals surface area contributed by atoms with Gasteiger partial charge in [-0.25, -0.2) is 4.39 Å². The van der Waals surface area contributed by atoms with Crippen molar-refractivity contribution in [3.05, 3.63) is 29.6 Å². The molecule has 1 aliphatic carbocycles. The second-order valence-electron chi connectivity index (χ2n) is 6.37. The molecular weight excluding hydrogens is 263 g/mol. The maximum Gasteiger partial charge on any atom is 0.128 e. The lowest BCUT2D eigenvalue weighted by atomic mass is 9.99. The first kappa shape index (κ1) is 16.3. The number of benzene rings is 1. The highest BCUT2D eigenvalue weighted by atomic mass is 19.1. The van der Waals surface area contributed by atoms with E-state index in [1.807, 2.05) is 12.1 Å². The van der Waals surface area contributed by atoms with Crippen LogP contribution in [0.1, 0.15) is 57.4 Å². The van der Waals surface area contributed by atoms with Gasteiger partial charge in [0, 0.05) is 30.4 Å². The van der Waals surface area contributed by atoms with Gasteiger partial charge in [-0.05, 0) is 37.8 Å². The van der Waals surface area contributed by atoms with E-state index in [1.165, 1.54) is 38.5 Å². The van der Waals surface area contributed by atoms with Crippen LogP contribution >= 0.6 is 0 Å². The predicted molar refractivity (Wildman–Crippen MR) is 88.3 cm³/mol. The zero-order valence-corrected chi connectivity index (χ0v) is 13.4. The molecule has 0 heterocycles. The Morgan fingerprint density at radius 1 is 1.24 bits per heavy atom. The highest BCUT2D eigenvalue weighted by Gasteiger charge is 2.21. The molecule has 3 heteroatoms. The fourth-order valence-corrected chi connectivity index (χ4v) is 3.33. The van der Waals surface area contributed by atoms with Crippen LogP contribution in [0, 0.1) is 5.82 Å². The number of anilines is 1. The molecule has 1 fully saturated rings. The number of hydrogen-bond donors (Lipinski definition) is 1. The van der Waals surface area contributed by atoms with E-state index in [-0.39, 0.29) is 11.9 Å². The molecule has 1 aromatic rings. The number of rotatable bonds is 5. The van der Waals surface area contributed by atoms with E-state index in [0.29, 0.717) is 12.5 Å². The first-order valence-electron chi connectivity index (χ1n) is 8.39. The molecule has 0 aliphatic heterocycles. The summed E-state index contributed by atoms with van der Waals surface area (Å²) in [5.74, 6) is -0.114. The van der Waals surface area contributed by atoms with Gasteiger partial charge < -0.3 is 10.6 Å². The van der Waals surface area contributed by atoms with Crippen LogP contribution in [0.3, 0.4) is 0 Å². The van der Waals surface area contributed by atoms with Crippen LogP contribution in [-0.2, 0) is 6.42 Å². The summed E-state index contributed by atoms with van der Waals surface area (Å²) in [4.78, 5) is 2.30. The third kappa shape index (κ3) is 4.19. The highest BCUT2D eigenvalue weighted by Crippen LogP contribution is 2.30. The van der Waals surface area contributed by atoms with Crippen LogP contribution in [0.4, 0.5) is 10.1 Å². The van der Waals surface area contributed by atoms with Gasteiger partial charge in [0.05, 0.1) is 0 Å². The molecule has 0 aromatic heterocycles. The van der Waals surface area contributed by atoms with Gasteiger partial charge in [-0.1, -0.05) is 38.7 Å². The average molecular weight is 292 g/mol. The second kappa shape index (κ2) is 7.79. The van der Waals surface area contributed by atoms with Crippen molar-refractivity contribution in [3.8, 4) is 0 Å². The van der Waals surface area contributed by atoms with Crippen molar-refractivity contribution in [1.29, 1.82) is 0 Å². The summed E-state index contributed by atoms with van der Waals surface area (Å²) in [5, 5.41) is 0. The fourth-order valence-electron chi connectivity index (χ4n) is 3.33. The SMILES string of the molecule is CCC(N)Cc1c(F)cccc1N(C)C1CCCCCC1. The van der Waals surface area contributed by atoms with Gasteiger partial charge in [0.2, 0.25) is 0 Å². The Bertz CT molecular complexity index is 439. The lowest BCUT2D eigenvalue weighted by Gasteiger charge is -2.31. The molecule has 0 amide bonds. The zero-order valence-electron chi connectivity index (χ0n) is 13.4. The van der Waals surface area contributed by atoms with Crippen molar-refractivity contribution in [3.63, 3.8) is 0 Å². The Morgan fingerprint density at radius 3 is 2.52 bits per heavy atom. The molecule has 0 spiro atoms. The summed E-state index contributed by atoms with van der Waals surface area (Å²) in [7, 11) is 2.12. The van der Waals surface area contributed by atoms with Crippen molar-refractivity contribution in [1.82, 2.24) is 0 Å². The third-order valence-corrected chi connectivity index (χ3v) is 4.84. The Balaban J connectivity index is 2.22. The minimum Gasteiger partial charge on any atom is -0.371 e. The Hall–Kier alpha value is -1.09. The summed E-state index contributed by atoms with van der Waals surface area (Å²) < 4.78 is 14.3. The minimum absolute atomic E-state index is 0.0307. The lowest BCUT2D eigenvalue weighted by molar-refractivity contribution is 0.541. The fraction of sp³-hybridized carbons (Fsp3) is 0.667. The molecule has 1 saturated carbocycles. The average Bonchev–Trinajstić information content (AvgIpc) is 2.77. The normalized spacial score (nSPS) is 18.3. The molecule has 2 nitrogen and oxygen atoms in total. The number of hydrogen-bond acceptors (Lipinski definition) is 2. The molecule has 0 bridgehead atoms. The Labute approximate surface area is 128 Å². The van der Waals surface area contributed by atoms with E-state index in [9.17, 15) is 4.39 Å². The predicted octanol–water partition coefficient (Wildman–Crippen LogP) is 4.26. The molecule has 0 radical (unpaired) electrons. The van der Waals surface area contributed by atoms with Crippen molar-refractivity contribution in [2.24, 2.45) is 5.73 Å². The van der Waals surface area contributed by atoms with Gasteiger partial charge in [0.15, 0.2) is 0 Å². The molecule has 1 aromatic carbocycles. The Kier molecular flexibility index (Phi) is 6.04. The molecule has 0 saturated heterocycles. The van der Waals surface area contributed by atoms with Gasteiger partial charge in [0.1, 0.15) is 5.82 Å². The van der Waals surface area contributed by atoms with Crippen molar-refractivity contribution in [2.75, 3.05) is 11.9 Å². The molecule has 1 atom stereocenters. The number of nitrogens with zero attached hydrogens (tertiary/aromatic N) is 1. The van der Waals surface area contributed by atoms with Crippen LogP contribution < -0.4 is 10.6 Å². The molecule has 118 valence electrons. The Morgan fingerprint density at radius 2 is 1.90 bits per heavy atom. The molecule has 2 rings (SSSR count). The van der Waals surface area contributed by atoms with Crippen LogP contribution in [-0.4, -0.2) is 19.1 Å². The minimum atomic E-state index is -0.114. The summed E-state index contributed by atoms with van der Waals surface area (Å²) in [6, 6.07) is 5.99. The van der Waals surface area contributed by atoms with Crippen LogP contribution in [0.5, 0.6) is 0 Å². The van der Waals surface area contributed by atoms with E-state index in [2.05, 4.69) is 18.9 Å². The van der Waals surface area contributed by atoms with E-state index < -0.39 is 0 Å². The molecular formula is C18H29FN2. The van der Waals surface area contributed by atoms with Gasteiger partial charge >= 0.3 is 0 Å². The largest absolute Gasteiger partial charge is 0.371 e. The first-order valence-corrected chi connectivity index (χ1v) is 8.39. The van der Waals surface area contributed by atoms with E-state index >= 15 is 0 Å². The van der Waals surface area contributed by atoms with Gasteiger partial charge in [-0.2, -0.15) is 0 Å².